The lowest BCUT2D eigenvalue weighted by Gasteiger charge is -2.26. The van der Waals surface area contributed by atoms with Crippen LogP contribution in [0.4, 0.5) is 13.2 Å². The zero-order valence-corrected chi connectivity index (χ0v) is 9.14. The second kappa shape index (κ2) is 4.41. The Balaban J connectivity index is 2.56. The van der Waals surface area contributed by atoms with Crippen LogP contribution < -0.4 is 0 Å². The molecule has 0 aliphatic carbocycles. The Hall–Kier alpha value is -0.740. The lowest BCUT2D eigenvalue weighted by atomic mass is 9.80. The van der Waals surface area contributed by atoms with Crippen LogP contribution in [0.5, 0.6) is 0 Å². The molecule has 15 heavy (non-hydrogen) atoms. The van der Waals surface area contributed by atoms with Crippen LogP contribution in [-0.2, 0) is 0 Å². The van der Waals surface area contributed by atoms with Crippen LogP contribution in [0.3, 0.4) is 0 Å². The van der Waals surface area contributed by atoms with Gasteiger partial charge in [-0.1, -0.05) is 13.3 Å². The van der Waals surface area contributed by atoms with Crippen molar-refractivity contribution in [3.8, 4) is 0 Å². The van der Waals surface area contributed by atoms with Gasteiger partial charge in [0, 0.05) is 31.6 Å². The normalized spacial score (nSPS) is 26.3. The zero-order chi connectivity index (χ0) is 11.5. The van der Waals surface area contributed by atoms with Gasteiger partial charge in [-0.2, -0.15) is 18.3 Å². The van der Waals surface area contributed by atoms with E-state index in [2.05, 4.69) is 5.10 Å². The van der Waals surface area contributed by atoms with Crippen molar-refractivity contribution in [3.63, 3.8) is 0 Å². The molecule has 0 fully saturated rings. The Kier molecular flexibility index (Phi) is 3.62. The Morgan fingerprint density at radius 3 is 2.47 bits per heavy atom. The third kappa shape index (κ3) is 3.72. The Morgan fingerprint density at radius 1 is 1.40 bits per heavy atom. The van der Waals surface area contributed by atoms with E-state index in [0.29, 0.717) is 6.54 Å². The predicted molar refractivity (Wildman–Crippen MR) is 53.8 cm³/mol. The summed E-state index contributed by atoms with van der Waals surface area (Å²) in [4.78, 5) is 0. The van der Waals surface area contributed by atoms with Crippen LogP contribution in [0.2, 0.25) is 0 Å². The van der Waals surface area contributed by atoms with E-state index in [0.717, 1.165) is 12.8 Å². The van der Waals surface area contributed by atoms with Crippen molar-refractivity contribution in [1.82, 2.24) is 5.01 Å². The van der Waals surface area contributed by atoms with Gasteiger partial charge in [-0.3, -0.25) is 5.01 Å². The second-order valence-electron chi connectivity index (χ2n) is 4.29. The number of rotatable bonds is 4. The van der Waals surface area contributed by atoms with Gasteiger partial charge >= 0.3 is 6.18 Å². The van der Waals surface area contributed by atoms with Crippen molar-refractivity contribution in [3.05, 3.63) is 0 Å². The fourth-order valence-electron chi connectivity index (χ4n) is 2.06. The molecule has 88 valence electrons. The molecule has 0 aromatic rings. The predicted octanol–water partition coefficient (Wildman–Crippen LogP) is 3.05. The molecule has 5 heteroatoms. The van der Waals surface area contributed by atoms with Crippen molar-refractivity contribution in [1.29, 1.82) is 0 Å². The molecule has 1 unspecified atom stereocenters. The second-order valence-corrected chi connectivity index (χ2v) is 4.29. The van der Waals surface area contributed by atoms with E-state index in [1.54, 1.807) is 18.3 Å². The van der Waals surface area contributed by atoms with Gasteiger partial charge in [0.05, 0.1) is 0 Å². The first-order valence-corrected chi connectivity index (χ1v) is 5.20. The molecule has 0 N–H and O–H groups in total. The third-order valence-electron chi connectivity index (χ3n) is 2.73. The summed E-state index contributed by atoms with van der Waals surface area (Å²) in [7, 11) is 1.79. The summed E-state index contributed by atoms with van der Waals surface area (Å²) in [6.07, 6.45) is -1.27. The van der Waals surface area contributed by atoms with Crippen LogP contribution in [-0.4, -0.2) is 31.0 Å². The number of hydrogen-bond acceptors (Lipinski definition) is 2. The van der Waals surface area contributed by atoms with Gasteiger partial charge in [-0.15, -0.1) is 0 Å². The van der Waals surface area contributed by atoms with Crippen molar-refractivity contribution in [2.75, 3.05) is 13.6 Å². The third-order valence-corrected chi connectivity index (χ3v) is 2.73. The maximum Gasteiger partial charge on any atom is 0.389 e. The number of halogens is 3. The van der Waals surface area contributed by atoms with E-state index < -0.39 is 12.6 Å². The maximum atomic E-state index is 12.2. The van der Waals surface area contributed by atoms with E-state index in [1.807, 2.05) is 6.92 Å². The maximum absolute atomic E-state index is 12.2. The highest BCUT2D eigenvalue weighted by atomic mass is 19.4. The highest BCUT2D eigenvalue weighted by Crippen LogP contribution is 2.36. The molecule has 1 heterocycles. The molecule has 0 saturated carbocycles. The number of hydrogen-bond donors (Lipinski definition) is 0. The van der Waals surface area contributed by atoms with Gasteiger partial charge in [0.15, 0.2) is 0 Å². The molecule has 1 aliphatic heterocycles. The highest BCUT2D eigenvalue weighted by molar-refractivity contribution is 5.67. The molecule has 0 spiro atoms. The highest BCUT2D eigenvalue weighted by Gasteiger charge is 2.37. The van der Waals surface area contributed by atoms with Gasteiger partial charge in [-0.05, 0) is 12.8 Å². The standard InChI is InChI=1S/C10H17F3N2/c1-3-4-9(5-6-10(11,12)13)7-14-15(2)8-9/h7H,3-6,8H2,1-2H3. The average Bonchev–Trinajstić information content (AvgIpc) is 2.45. The molecule has 0 aromatic carbocycles. The molecule has 0 bridgehead atoms. The van der Waals surface area contributed by atoms with Crippen LogP contribution in [0.15, 0.2) is 5.10 Å². The van der Waals surface area contributed by atoms with Gasteiger partial charge < -0.3 is 0 Å². The number of alkyl halides is 3. The van der Waals surface area contributed by atoms with Crippen molar-refractivity contribution < 1.29 is 13.2 Å². The van der Waals surface area contributed by atoms with Crippen LogP contribution in [0.25, 0.3) is 0 Å². The summed E-state index contributed by atoms with van der Waals surface area (Å²) in [5.74, 6) is 0. The number of nitrogens with zero attached hydrogens (tertiary/aromatic N) is 2. The summed E-state index contributed by atoms with van der Waals surface area (Å²) in [5.41, 5.74) is -0.362. The van der Waals surface area contributed by atoms with E-state index >= 15 is 0 Å². The van der Waals surface area contributed by atoms with Gasteiger partial charge in [0.1, 0.15) is 0 Å². The molecule has 0 aromatic heterocycles. The van der Waals surface area contributed by atoms with Crippen molar-refractivity contribution in [2.45, 2.75) is 38.8 Å². The van der Waals surface area contributed by atoms with Crippen LogP contribution in [0.1, 0.15) is 32.6 Å². The molecule has 1 aliphatic rings. The fraction of sp³-hybridized carbons (Fsp3) is 0.900. The Bertz CT molecular complexity index is 237. The van der Waals surface area contributed by atoms with E-state index in [-0.39, 0.29) is 11.8 Å². The summed E-state index contributed by atoms with van der Waals surface area (Å²) < 4.78 is 36.5. The number of hydrazone groups is 1. The Labute approximate surface area is 88.1 Å². The lowest BCUT2D eigenvalue weighted by molar-refractivity contribution is -0.139. The largest absolute Gasteiger partial charge is 0.389 e. The summed E-state index contributed by atoms with van der Waals surface area (Å²) in [6, 6.07) is 0. The van der Waals surface area contributed by atoms with E-state index in [9.17, 15) is 13.2 Å². The summed E-state index contributed by atoms with van der Waals surface area (Å²) in [6.45, 7) is 2.60. The monoisotopic (exact) mass is 222 g/mol. The first-order chi connectivity index (χ1) is 6.87. The first-order valence-electron chi connectivity index (χ1n) is 5.20. The van der Waals surface area contributed by atoms with Crippen LogP contribution in [0, 0.1) is 5.41 Å². The van der Waals surface area contributed by atoms with Crippen LogP contribution >= 0.6 is 0 Å². The topological polar surface area (TPSA) is 15.6 Å². The summed E-state index contributed by atoms with van der Waals surface area (Å²) >= 11 is 0. The minimum Gasteiger partial charge on any atom is -0.299 e. The zero-order valence-electron chi connectivity index (χ0n) is 9.14. The molecule has 1 rings (SSSR count). The molecular formula is C10H17F3N2. The first kappa shape index (κ1) is 12.3. The fourth-order valence-corrected chi connectivity index (χ4v) is 2.06. The molecule has 0 saturated heterocycles. The minimum absolute atomic E-state index is 0.151. The van der Waals surface area contributed by atoms with Gasteiger partial charge in [-0.25, -0.2) is 0 Å². The molecule has 1 atom stereocenters. The minimum atomic E-state index is -4.06. The molecule has 0 amide bonds. The smallest absolute Gasteiger partial charge is 0.299 e. The van der Waals surface area contributed by atoms with E-state index in [1.165, 1.54) is 0 Å². The van der Waals surface area contributed by atoms with Crippen molar-refractivity contribution >= 4 is 6.21 Å². The molecular weight excluding hydrogens is 205 g/mol. The molecule has 2 nitrogen and oxygen atoms in total. The SMILES string of the molecule is CCCC1(CCC(F)(F)F)C=NN(C)C1. The van der Waals surface area contributed by atoms with Gasteiger partial charge in [0.25, 0.3) is 0 Å². The Morgan fingerprint density at radius 2 is 2.07 bits per heavy atom. The van der Waals surface area contributed by atoms with Gasteiger partial charge in [0.2, 0.25) is 0 Å². The average molecular weight is 222 g/mol. The van der Waals surface area contributed by atoms with E-state index in [4.69, 9.17) is 0 Å². The lowest BCUT2D eigenvalue weighted by Crippen LogP contribution is -2.29. The quantitative estimate of drug-likeness (QED) is 0.713. The van der Waals surface area contributed by atoms with Crippen molar-refractivity contribution in [2.24, 2.45) is 10.5 Å². The summed E-state index contributed by atoms with van der Waals surface area (Å²) in [5, 5.41) is 5.76. The molecule has 0 radical (unpaired) electrons.